The second-order valence-electron chi connectivity index (χ2n) is 5.08. The highest BCUT2D eigenvalue weighted by Crippen LogP contribution is 2.12. The molecular formula is C16H20N4S. The van der Waals surface area contributed by atoms with Gasteiger partial charge in [-0.3, -0.25) is 9.98 Å². The lowest BCUT2D eigenvalue weighted by Crippen LogP contribution is -2.42. The van der Waals surface area contributed by atoms with Crippen LogP contribution >= 0.6 is 11.8 Å². The van der Waals surface area contributed by atoms with Crippen molar-refractivity contribution in [1.82, 2.24) is 9.88 Å². The number of nitrogens with zero attached hydrogens (tertiary/aromatic N) is 3. The average molecular weight is 300 g/mol. The zero-order valence-electron chi connectivity index (χ0n) is 12.0. The van der Waals surface area contributed by atoms with Gasteiger partial charge in [-0.05, 0) is 12.1 Å². The summed E-state index contributed by atoms with van der Waals surface area (Å²) in [4.78, 5) is 11.3. The minimum Gasteiger partial charge on any atom is -0.370 e. The molecule has 3 rings (SSSR count). The van der Waals surface area contributed by atoms with Crippen LogP contribution in [0.15, 0.2) is 41.4 Å². The normalized spacial score (nSPS) is 16.4. The molecule has 2 N–H and O–H groups in total. The SMILES string of the molecule is NC(=NCCc1ccc2ccccc2n1)N1CCSCC1. The maximum Gasteiger partial charge on any atom is 0.191 e. The van der Waals surface area contributed by atoms with Crippen LogP contribution in [0.1, 0.15) is 5.69 Å². The molecule has 1 aromatic heterocycles. The van der Waals surface area contributed by atoms with Gasteiger partial charge in [0.25, 0.3) is 0 Å². The van der Waals surface area contributed by atoms with E-state index in [1.54, 1.807) is 0 Å². The Morgan fingerprint density at radius 1 is 1.19 bits per heavy atom. The van der Waals surface area contributed by atoms with Crippen LogP contribution in [0, 0.1) is 0 Å². The summed E-state index contributed by atoms with van der Waals surface area (Å²) >= 11 is 1.98. The fourth-order valence-electron chi connectivity index (χ4n) is 2.42. The van der Waals surface area contributed by atoms with E-state index in [1.165, 1.54) is 5.39 Å². The number of benzene rings is 1. The van der Waals surface area contributed by atoms with Gasteiger partial charge in [0, 0.05) is 48.6 Å². The fraction of sp³-hybridized carbons (Fsp3) is 0.375. The van der Waals surface area contributed by atoms with Crippen LogP contribution in [0.25, 0.3) is 10.9 Å². The van der Waals surface area contributed by atoms with Gasteiger partial charge in [-0.15, -0.1) is 0 Å². The number of pyridine rings is 1. The summed E-state index contributed by atoms with van der Waals surface area (Å²) in [7, 11) is 0. The van der Waals surface area contributed by atoms with Crippen LogP contribution in [0.3, 0.4) is 0 Å². The molecule has 1 aromatic carbocycles. The first-order valence-corrected chi connectivity index (χ1v) is 8.46. The molecule has 0 saturated carbocycles. The van der Waals surface area contributed by atoms with Gasteiger partial charge >= 0.3 is 0 Å². The topological polar surface area (TPSA) is 54.5 Å². The third-order valence-corrected chi connectivity index (χ3v) is 4.58. The van der Waals surface area contributed by atoms with Crippen molar-refractivity contribution in [3.05, 3.63) is 42.1 Å². The Bertz CT molecular complexity index is 635. The van der Waals surface area contributed by atoms with Crippen molar-refractivity contribution < 1.29 is 0 Å². The Kier molecular flexibility index (Phi) is 4.60. The molecule has 5 heteroatoms. The van der Waals surface area contributed by atoms with Crippen LogP contribution in [0.4, 0.5) is 0 Å². The fourth-order valence-corrected chi connectivity index (χ4v) is 3.33. The molecule has 1 aliphatic rings. The highest BCUT2D eigenvalue weighted by Gasteiger charge is 2.11. The number of hydrogen-bond acceptors (Lipinski definition) is 3. The van der Waals surface area contributed by atoms with Crippen LogP contribution in [0.2, 0.25) is 0 Å². The molecule has 110 valence electrons. The van der Waals surface area contributed by atoms with Crippen molar-refractivity contribution in [3.63, 3.8) is 0 Å². The zero-order valence-corrected chi connectivity index (χ0v) is 12.9. The standard InChI is InChI=1S/C16H20N4S/c17-16(20-9-11-21-12-10-20)18-8-7-14-6-5-13-3-1-2-4-15(13)19-14/h1-6H,7-12H2,(H2,17,18). The van der Waals surface area contributed by atoms with Gasteiger partial charge < -0.3 is 10.6 Å². The summed E-state index contributed by atoms with van der Waals surface area (Å²) < 4.78 is 0. The van der Waals surface area contributed by atoms with Crippen molar-refractivity contribution in [2.75, 3.05) is 31.1 Å². The molecule has 1 fully saturated rings. The number of hydrogen-bond donors (Lipinski definition) is 1. The molecule has 0 spiro atoms. The lowest BCUT2D eigenvalue weighted by Gasteiger charge is -2.27. The van der Waals surface area contributed by atoms with Gasteiger partial charge in [0.1, 0.15) is 0 Å². The maximum absolute atomic E-state index is 6.05. The van der Waals surface area contributed by atoms with Crippen LogP contribution in [0.5, 0.6) is 0 Å². The Balaban J connectivity index is 1.60. The van der Waals surface area contributed by atoms with Crippen LogP contribution in [-0.4, -0.2) is 47.0 Å². The largest absolute Gasteiger partial charge is 0.370 e. The first-order valence-electron chi connectivity index (χ1n) is 7.30. The van der Waals surface area contributed by atoms with Gasteiger partial charge in [-0.1, -0.05) is 24.3 Å². The van der Waals surface area contributed by atoms with Gasteiger partial charge in [-0.2, -0.15) is 11.8 Å². The van der Waals surface area contributed by atoms with E-state index in [4.69, 9.17) is 5.73 Å². The molecule has 2 heterocycles. The highest BCUT2D eigenvalue weighted by molar-refractivity contribution is 7.99. The minimum absolute atomic E-state index is 0.677. The number of nitrogens with two attached hydrogens (primary N) is 1. The summed E-state index contributed by atoms with van der Waals surface area (Å²) in [5.74, 6) is 2.96. The molecule has 1 aliphatic heterocycles. The molecule has 0 amide bonds. The third-order valence-electron chi connectivity index (χ3n) is 3.63. The van der Waals surface area contributed by atoms with Gasteiger partial charge in [0.15, 0.2) is 5.96 Å². The predicted molar refractivity (Wildman–Crippen MR) is 90.8 cm³/mol. The van der Waals surface area contributed by atoms with E-state index in [-0.39, 0.29) is 0 Å². The van der Waals surface area contributed by atoms with Crippen LogP contribution in [-0.2, 0) is 6.42 Å². The molecule has 4 nitrogen and oxygen atoms in total. The first-order chi connectivity index (χ1) is 10.3. The van der Waals surface area contributed by atoms with Gasteiger partial charge in [0.2, 0.25) is 0 Å². The number of rotatable bonds is 3. The van der Waals surface area contributed by atoms with Crippen molar-refractivity contribution in [2.24, 2.45) is 10.7 Å². The summed E-state index contributed by atoms with van der Waals surface area (Å²) in [6.45, 7) is 2.71. The van der Waals surface area contributed by atoms with Crippen molar-refractivity contribution >= 4 is 28.6 Å². The molecule has 0 radical (unpaired) electrons. The van der Waals surface area contributed by atoms with Gasteiger partial charge in [0.05, 0.1) is 5.52 Å². The number of aromatic nitrogens is 1. The molecule has 0 aliphatic carbocycles. The minimum atomic E-state index is 0.677. The van der Waals surface area contributed by atoms with E-state index in [9.17, 15) is 0 Å². The molecular weight excluding hydrogens is 280 g/mol. The van der Waals surface area contributed by atoms with Crippen LogP contribution < -0.4 is 5.73 Å². The van der Waals surface area contributed by atoms with E-state index < -0.39 is 0 Å². The number of aliphatic imine (C=N–C) groups is 1. The summed E-state index contributed by atoms with van der Waals surface area (Å²) in [5, 5.41) is 1.18. The van der Waals surface area contributed by atoms with Crippen molar-refractivity contribution in [3.8, 4) is 0 Å². The predicted octanol–water partition coefficient (Wildman–Crippen LogP) is 2.14. The van der Waals surface area contributed by atoms with E-state index in [1.807, 2.05) is 30.0 Å². The smallest absolute Gasteiger partial charge is 0.191 e. The first kappa shape index (κ1) is 14.2. The quantitative estimate of drug-likeness (QED) is 0.697. The second kappa shape index (κ2) is 6.80. The Labute approximate surface area is 129 Å². The van der Waals surface area contributed by atoms with Crippen molar-refractivity contribution in [1.29, 1.82) is 0 Å². The third kappa shape index (κ3) is 3.67. The molecule has 21 heavy (non-hydrogen) atoms. The molecule has 1 saturated heterocycles. The second-order valence-corrected chi connectivity index (χ2v) is 6.31. The number of guanidine groups is 1. The van der Waals surface area contributed by atoms with E-state index in [0.717, 1.165) is 42.2 Å². The number of para-hydroxylation sites is 1. The van der Waals surface area contributed by atoms with E-state index in [2.05, 4.69) is 33.1 Å². The molecule has 0 bridgehead atoms. The summed E-state index contributed by atoms with van der Waals surface area (Å²) in [5.41, 5.74) is 8.16. The Morgan fingerprint density at radius 2 is 2.00 bits per heavy atom. The van der Waals surface area contributed by atoms with Crippen molar-refractivity contribution in [2.45, 2.75) is 6.42 Å². The monoisotopic (exact) mass is 300 g/mol. The highest BCUT2D eigenvalue weighted by atomic mass is 32.2. The zero-order chi connectivity index (χ0) is 14.5. The number of thioether (sulfide) groups is 1. The lowest BCUT2D eigenvalue weighted by atomic mass is 10.2. The molecule has 0 atom stereocenters. The average Bonchev–Trinajstić information content (AvgIpc) is 2.55. The molecule has 0 unspecified atom stereocenters. The Hall–Kier alpha value is -1.75. The van der Waals surface area contributed by atoms with E-state index >= 15 is 0 Å². The lowest BCUT2D eigenvalue weighted by molar-refractivity contribution is 0.456. The molecule has 2 aromatic rings. The Morgan fingerprint density at radius 3 is 2.86 bits per heavy atom. The van der Waals surface area contributed by atoms with Gasteiger partial charge in [-0.25, -0.2) is 0 Å². The maximum atomic E-state index is 6.05. The summed E-state index contributed by atoms with van der Waals surface area (Å²) in [6.07, 6.45) is 0.828. The number of fused-ring (bicyclic) bond motifs is 1. The van der Waals surface area contributed by atoms with E-state index in [0.29, 0.717) is 12.5 Å². The summed E-state index contributed by atoms with van der Waals surface area (Å²) in [6, 6.07) is 12.4.